The quantitative estimate of drug-likeness (QED) is 0.245. The molecule has 18 heavy (non-hydrogen) atoms. The fraction of sp³-hybridized carbons (Fsp3) is 0.308. The highest BCUT2D eigenvalue weighted by molar-refractivity contribution is 5.95. The molecule has 0 N–H and O–H groups in total. The molecule has 0 unspecified atom stereocenters. The molecule has 0 radical (unpaired) electrons. The van der Waals surface area contributed by atoms with Gasteiger partial charge in [-0.1, -0.05) is 6.08 Å². The smallest absolute Gasteiger partial charge is 0.311 e. The minimum atomic E-state index is -0.546. The molecule has 0 amide bonds. The van der Waals surface area contributed by atoms with Crippen LogP contribution in [0.3, 0.4) is 0 Å². The number of unbranched alkanes of at least 4 members (excludes halogenated alkanes) is 1. The van der Waals surface area contributed by atoms with Crippen molar-refractivity contribution in [2.45, 2.75) is 19.8 Å². The molecule has 0 aliphatic rings. The average molecular weight is 249 g/mol. The van der Waals surface area contributed by atoms with Crippen LogP contribution in [0.15, 0.2) is 30.9 Å². The number of ether oxygens (including phenoxy) is 1. The third-order valence-corrected chi connectivity index (χ3v) is 2.37. The third kappa shape index (κ3) is 3.69. The summed E-state index contributed by atoms with van der Waals surface area (Å²) in [5, 5.41) is 10.9. The van der Waals surface area contributed by atoms with Crippen LogP contribution < -0.4 is 4.74 Å². The second-order valence-electron chi connectivity index (χ2n) is 3.78. The van der Waals surface area contributed by atoms with E-state index in [0.29, 0.717) is 12.2 Å². The van der Waals surface area contributed by atoms with Crippen LogP contribution in [0.1, 0.15) is 30.1 Å². The lowest BCUT2D eigenvalue weighted by Gasteiger charge is -2.06. The number of nitro groups is 1. The topological polar surface area (TPSA) is 69.4 Å². The number of allylic oxidation sites excluding steroid dienone is 1. The first kappa shape index (κ1) is 13.9. The molecule has 0 aromatic heterocycles. The van der Waals surface area contributed by atoms with Crippen molar-refractivity contribution >= 4 is 11.5 Å². The van der Waals surface area contributed by atoms with Gasteiger partial charge in [-0.3, -0.25) is 14.9 Å². The van der Waals surface area contributed by atoms with E-state index in [1.165, 1.54) is 25.1 Å². The van der Waals surface area contributed by atoms with Crippen molar-refractivity contribution < 1.29 is 14.5 Å². The van der Waals surface area contributed by atoms with Gasteiger partial charge in [-0.25, -0.2) is 0 Å². The number of hydrogen-bond donors (Lipinski definition) is 0. The summed E-state index contributed by atoms with van der Waals surface area (Å²) < 4.78 is 5.33. The summed E-state index contributed by atoms with van der Waals surface area (Å²) in [7, 11) is 0. The van der Waals surface area contributed by atoms with E-state index in [4.69, 9.17) is 4.74 Å². The van der Waals surface area contributed by atoms with Crippen LogP contribution in [0.25, 0.3) is 0 Å². The summed E-state index contributed by atoms with van der Waals surface area (Å²) in [6, 6.07) is 4.23. The molecule has 0 saturated carbocycles. The number of carbonyl (C=O) groups excluding carboxylic acids is 1. The molecule has 96 valence electrons. The molecule has 5 nitrogen and oxygen atoms in total. The highest BCUT2D eigenvalue weighted by Gasteiger charge is 2.17. The molecule has 0 saturated heterocycles. The summed E-state index contributed by atoms with van der Waals surface area (Å²) >= 11 is 0. The van der Waals surface area contributed by atoms with Gasteiger partial charge in [-0.15, -0.1) is 6.58 Å². The number of hydrogen-bond acceptors (Lipinski definition) is 4. The van der Waals surface area contributed by atoms with Gasteiger partial charge in [-0.05, 0) is 31.9 Å². The monoisotopic (exact) mass is 249 g/mol. The Morgan fingerprint density at radius 3 is 2.83 bits per heavy atom. The minimum absolute atomic E-state index is 0.179. The van der Waals surface area contributed by atoms with Gasteiger partial charge in [0.25, 0.3) is 0 Å². The van der Waals surface area contributed by atoms with Crippen LogP contribution in [0.2, 0.25) is 0 Å². The highest BCUT2D eigenvalue weighted by atomic mass is 16.6. The van der Waals surface area contributed by atoms with Crippen LogP contribution in [0, 0.1) is 10.1 Å². The number of nitrogens with zero attached hydrogens (tertiary/aromatic N) is 1. The molecule has 0 aliphatic carbocycles. The normalized spacial score (nSPS) is 9.83. The zero-order valence-electron chi connectivity index (χ0n) is 10.2. The van der Waals surface area contributed by atoms with Crippen molar-refractivity contribution in [1.82, 2.24) is 0 Å². The summed E-state index contributed by atoms with van der Waals surface area (Å²) in [6.45, 7) is 5.33. The zero-order chi connectivity index (χ0) is 13.5. The van der Waals surface area contributed by atoms with E-state index in [-0.39, 0.29) is 17.2 Å². The van der Waals surface area contributed by atoms with Gasteiger partial charge >= 0.3 is 5.69 Å². The van der Waals surface area contributed by atoms with Crippen molar-refractivity contribution in [1.29, 1.82) is 0 Å². The van der Waals surface area contributed by atoms with Crippen molar-refractivity contribution in [3.8, 4) is 5.75 Å². The van der Waals surface area contributed by atoms with Crippen molar-refractivity contribution in [2.24, 2.45) is 0 Å². The molecule has 0 fully saturated rings. The SMILES string of the molecule is C=CCCCOc1ccc(C(C)=O)cc1[N+](=O)[O-]. The molecule has 0 spiro atoms. The van der Waals surface area contributed by atoms with Gasteiger partial charge < -0.3 is 4.74 Å². The van der Waals surface area contributed by atoms with Crippen molar-refractivity contribution in [3.05, 3.63) is 46.5 Å². The second kappa shape index (κ2) is 6.54. The van der Waals surface area contributed by atoms with E-state index >= 15 is 0 Å². The minimum Gasteiger partial charge on any atom is -0.487 e. The fourth-order valence-electron chi connectivity index (χ4n) is 1.41. The molecule has 0 atom stereocenters. The predicted octanol–water partition coefficient (Wildman–Crippen LogP) is 3.14. The Bertz CT molecular complexity index is 468. The summed E-state index contributed by atoms with van der Waals surface area (Å²) in [5.74, 6) is -0.0228. The van der Waals surface area contributed by atoms with Gasteiger partial charge in [-0.2, -0.15) is 0 Å². The van der Waals surface area contributed by atoms with Gasteiger partial charge in [0, 0.05) is 11.6 Å². The Morgan fingerprint density at radius 1 is 1.56 bits per heavy atom. The van der Waals surface area contributed by atoms with Crippen LogP contribution >= 0.6 is 0 Å². The van der Waals surface area contributed by atoms with Crippen LogP contribution in [0.5, 0.6) is 5.75 Å². The van der Waals surface area contributed by atoms with Crippen molar-refractivity contribution in [2.75, 3.05) is 6.61 Å². The maximum atomic E-state index is 11.2. The van der Waals surface area contributed by atoms with Gasteiger partial charge in [0.15, 0.2) is 11.5 Å². The Balaban J connectivity index is 2.86. The van der Waals surface area contributed by atoms with Crippen LogP contribution in [0.4, 0.5) is 5.69 Å². The predicted molar refractivity (Wildman–Crippen MR) is 68.0 cm³/mol. The average Bonchev–Trinajstić information content (AvgIpc) is 2.34. The Morgan fingerprint density at radius 2 is 2.28 bits per heavy atom. The summed E-state index contributed by atoms with van der Waals surface area (Å²) in [4.78, 5) is 21.5. The molecule has 0 bridgehead atoms. The Hall–Kier alpha value is -2.17. The lowest BCUT2D eigenvalue weighted by atomic mass is 10.1. The first-order valence-electron chi connectivity index (χ1n) is 5.59. The van der Waals surface area contributed by atoms with Gasteiger partial charge in [0.2, 0.25) is 0 Å². The van der Waals surface area contributed by atoms with E-state index in [1.807, 2.05) is 0 Å². The molecule has 1 rings (SSSR count). The summed E-state index contributed by atoms with van der Waals surface area (Å²) in [6.07, 6.45) is 3.30. The molecular formula is C13H15NO4. The van der Waals surface area contributed by atoms with Crippen molar-refractivity contribution in [3.63, 3.8) is 0 Å². The molecule has 1 aromatic rings. The zero-order valence-corrected chi connectivity index (χ0v) is 10.2. The van der Waals surface area contributed by atoms with Crippen LogP contribution in [-0.4, -0.2) is 17.3 Å². The second-order valence-corrected chi connectivity index (χ2v) is 3.78. The first-order chi connectivity index (χ1) is 8.56. The van der Waals surface area contributed by atoms with E-state index < -0.39 is 4.92 Å². The van der Waals surface area contributed by atoms with Gasteiger partial charge in [0.1, 0.15) is 0 Å². The van der Waals surface area contributed by atoms with Crippen LogP contribution in [-0.2, 0) is 0 Å². The van der Waals surface area contributed by atoms with Gasteiger partial charge in [0.05, 0.1) is 11.5 Å². The number of carbonyl (C=O) groups is 1. The number of Topliss-reactive ketones (excluding diaryl/α,β-unsaturated/α-hetero) is 1. The molecule has 0 heterocycles. The van der Waals surface area contributed by atoms with E-state index in [0.717, 1.165) is 12.8 Å². The van der Waals surface area contributed by atoms with E-state index in [9.17, 15) is 14.9 Å². The third-order valence-electron chi connectivity index (χ3n) is 2.37. The number of rotatable bonds is 7. The Kier molecular flexibility index (Phi) is 5.05. The van der Waals surface area contributed by atoms with E-state index in [1.54, 1.807) is 6.08 Å². The standard InChI is InChI=1S/C13H15NO4/c1-3-4-5-8-18-13-7-6-11(10(2)15)9-12(13)14(16)17/h3,6-7,9H,1,4-5,8H2,2H3. The Labute approximate surface area is 105 Å². The lowest BCUT2D eigenvalue weighted by molar-refractivity contribution is -0.385. The van der Waals surface area contributed by atoms with E-state index in [2.05, 4.69) is 6.58 Å². The largest absolute Gasteiger partial charge is 0.487 e. The fourth-order valence-corrected chi connectivity index (χ4v) is 1.41. The molecule has 0 aliphatic heterocycles. The lowest BCUT2D eigenvalue weighted by Crippen LogP contribution is -2.02. The first-order valence-corrected chi connectivity index (χ1v) is 5.59. The number of ketones is 1. The molecule has 1 aromatic carbocycles. The summed E-state index contributed by atoms with van der Waals surface area (Å²) in [5.41, 5.74) is 0.126. The number of nitro benzene ring substituents is 1. The number of benzene rings is 1. The molecular weight excluding hydrogens is 234 g/mol. The maximum Gasteiger partial charge on any atom is 0.311 e. The molecule has 5 heteroatoms. The highest BCUT2D eigenvalue weighted by Crippen LogP contribution is 2.28. The maximum absolute atomic E-state index is 11.2.